The smallest absolute Gasteiger partial charge is 0.339 e. The Labute approximate surface area is 151 Å². The Morgan fingerprint density at radius 2 is 1.85 bits per heavy atom. The zero-order chi connectivity index (χ0) is 18.5. The number of esters is 1. The Hall–Kier alpha value is -3.00. The average molecular weight is 355 g/mol. The van der Waals surface area contributed by atoms with Gasteiger partial charge in [0, 0.05) is 32.4 Å². The van der Waals surface area contributed by atoms with E-state index in [4.69, 9.17) is 4.74 Å². The van der Waals surface area contributed by atoms with Crippen LogP contribution in [0.2, 0.25) is 0 Å². The van der Waals surface area contributed by atoms with Crippen LogP contribution in [0.3, 0.4) is 0 Å². The third-order valence-electron chi connectivity index (χ3n) is 4.24. The molecule has 26 heavy (non-hydrogen) atoms. The van der Waals surface area contributed by atoms with Gasteiger partial charge in [-0.1, -0.05) is 12.1 Å². The number of amides is 1. The highest BCUT2D eigenvalue weighted by atomic mass is 16.5. The predicted octanol–water partition coefficient (Wildman–Crippen LogP) is 1.27. The molecule has 1 amide bonds. The molecule has 0 aliphatic carbocycles. The number of ether oxygens (including phenoxy) is 1. The molecule has 136 valence electrons. The van der Waals surface area contributed by atoms with Crippen molar-refractivity contribution in [1.29, 1.82) is 0 Å². The van der Waals surface area contributed by atoms with Crippen LogP contribution >= 0.6 is 0 Å². The summed E-state index contributed by atoms with van der Waals surface area (Å²) in [5, 5.41) is 2.72. The van der Waals surface area contributed by atoms with E-state index in [1.54, 1.807) is 36.5 Å². The van der Waals surface area contributed by atoms with Crippen molar-refractivity contribution < 1.29 is 14.3 Å². The van der Waals surface area contributed by atoms with Crippen molar-refractivity contribution in [2.24, 2.45) is 0 Å². The number of hydrogen-bond acceptors (Lipinski definition) is 7. The van der Waals surface area contributed by atoms with E-state index in [-0.39, 0.29) is 11.3 Å². The van der Waals surface area contributed by atoms with Crippen LogP contribution in [-0.4, -0.2) is 67.1 Å². The second-order valence-electron chi connectivity index (χ2n) is 6.02. The van der Waals surface area contributed by atoms with Crippen molar-refractivity contribution in [2.75, 3.05) is 50.6 Å². The van der Waals surface area contributed by atoms with Crippen LogP contribution in [0.25, 0.3) is 0 Å². The first kappa shape index (κ1) is 17.8. The molecular weight excluding hydrogens is 334 g/mol. The number of para-hydroxylation sites is 1. The van der Waals surface area contributed by atoms with E-state index in [0.29, 0.717) is 11.6 Å². The van der Waals surface area contributed by atoms with Gasteiger partial charge in [-0.3, -0.25) is 4.79 Å². The Morgan fingerprint density at radius 3 is 2.58 bits per heavy atom. The molecule has 0 bridgehead atoms. The highest BCUT2D eigenvalue weighted by Gasteiger charge is 2.19. The van der Waals surface area contributed by atoms with Crippen molar-refractivity contribution in [3.63, 3.8) is 0 Å². The maximum Gasteiger partial charge on any atom is 0.339 e. The van der Waals surface area contributed by atoms with Gasteiger partial charge in [-0.25, -0.2) is 14.8 Å². The van der Waals surface area contributed by atoms with Gasteiger partial charge in [-0.05, 0) is 25.2 Å². The minimum absolute atomic E-state index is 0.244. The third-order valence-corrected chi connectivity index (χ3v) is 4.24. The number of nitrogens with one attached hydrogen (secondary N) is 1. The fourth-order valence-electron chi connectivity index (χ4n) is 2.70. The van der Waals surface area contributed by atoms with E-state index in [1.165, 1.54) is 7.11 Å². The minimum atomic E-state index is -0.512. The standard InChI is InChI=1S/C18H21N5O3/c1-22-9-11-23(12-10-22)18-19-8-7-15(21-18)16(24)20-14-6-4-3-5-13(14)17(25)26-2/h3-8H,9-12H2,1-2H3,(H,20,24). The number of methoxy groups -OCH3 is 1. The van der Waals surface area contributed by atoms with Crippen LogP contribution < -0.4 is 10.2 Å². The minimum Gasteiger partial charge on any atom is -0.465 e. The Morgan fingerprint density at radius 1 is 1.12 bits per heavy atom. The number of likely N-dealkylation sites (N-methyl/N-ethyl adjacent to an activating group) is 1. The molecule has 1 fully saturated rings. The molecule has 8 nitrogen and oxygen atoms in total. The van der Waals surface area contributed by atoms with Crippen LogP contribution in [0.1, 0.15) is 20.8 Å². The van der Waals surface area contributed by atoms with E-state index in [0.717, 1.165) is 26.2 Å². The predicted molar refractivity (Wildman–Crippen MR) is 97.5 cm³/mol. The van der Waals surface area contributed by atoms with Gasteiger partial charge in [-0.15, -0.1) is 0 Å². The van der Waals surface area contributed by atoms with Crippen molar-refractivity contribution in [3.8, 4) is 0 Å². The molecule has 1 aromatic heterocycles. The zero-order valence-corrected chi connectivity index (χ0v) is 14.8. The molecule has 8 heteroatoms. The number of piperazine rings is 1. The van der Waals surface area contributed by atoms with Gasteiger partial charge in [0.25, 0.3) is 5.91 Å². The van der Waals surface area contributed by atoms with E-state index in [9.17, 15) is 9.59 Å². The summed E-state index contributed by atoms with van der Waals surface area (Å²) in [4.78, 5) is 37.4. The number of carbonyl (C=O) groups excluding carboxylic acids is 2. The highest BCUT2D eigenvalue weighted by molar-refractivity contribution is 6.07. The fraction of sp³-hybridized carbons (Fsp3) is 0.333. The number of anilines is 2. The maximum absolute atomic E-state index is 12.6. The molecule has 1 aliphatic heterocycles. The van der Waals surface area contributed by atoms with E-state index >= 15 is 0 Å². The first-order chi connectivity index (χ1) is 12.6. The van der Waals surface area contributed by atoms with Gasteiger partial charge in [0.15, 0.2) is 0 Å². The normalized spacial score (nSPS) is 14.8. The fourth-order valence-corrected chi connectivity index (χ4v) is 2.70. The van der Waals surface area contributed by atoms with Gasteiger partial charge in [0.1, 0.15) is 5.69 Å². The summed E-state index contributed by atoms with van der Waals surface area (Å²) in [7, 11) is 3.37. The van der Waals surface area contributed by atoms with Gasteiger partial charge in [0.05, 0.1) is 18.4 Å². The lowest BCUT2D eigenvalue weighted by Gasteiger charge is -2.32. The molecule has 0 spiro atoms. The topological polar surface area (TPSA) is 87.7 Å². The molecule has 1 saturated heterocycles. The monoisotopic (exact) mass is 355 g/mol. The summed E-state index contributed by atoms with van der Waals surface area (Å²) in [5.74, 6) is -0.382. The van der Waals surface area contributed by atoms with Crippen molar-refractivity contribution >= 4 is 23.5 Å². The van der Waals surface area contributed by atoms with Gasteiger partial charge < -0.3 is 19.9 Å². The lowest BCUT2D eigenvalue weighted by Crippen LogP contribution is -2.45. The molecule has 1 aromatic carbocycles. The van der Waals surface area contributed by atoms with Gasteiger partial charge in [0.2, 0.25) is 5.95 Å². The summed E-state index contributed by atoms with van der Waals surface area (Å²) in [6, 6.07) is 8.23. The molecule has 1 N–H and O–H groups in total. The molecule has 0 saturated carbocycles. The second-order valence-corrected chi connectivity index (χ2v) is 6.02. The largest absolute Gasteiger partial charge is 0.465 e. The van der Waals surface area contributed by atoms with E-state index in [2.05, 4.69) is 32.1 Å². The van der Waals surface area contributed by atoms with Crippen molar-refractivity contribution in [3.05, 3.63) is 47.8 Å². The first-order valence-corrected chi connectivity index (χ1v) is 8.33. The molecule has 0 unspecified atom stereocenters. The molecule has 2 heterocycles. The number of aromatic nitrogens is 2. The number of rotatable bonds is 4. The summed E-state index contributed by atoms with van der Waals surface area (Å²) in [6.45, 7) is 3.47. The lowest BCUT2D eigenvalue weighted by atomic mass is 10.1. The summed E-state index contributed by atoms with van der Waals surface area (Å²) >= 11 is 0. The quantitative estimate of drug-likeness (QED) is 0.826. The van der Waals surface area contributed by atoms with Crippen molar-refractivity contribution in [2.45, 2.75) is 0 Å². The van der Waals surface area contributed by atoms with E-state index in [1.807, 2.05) is 0 Å². The van der Waals surface area contributed by atoms with Gasteiger partial charge >= 0.3 is 5.97 Å². The Bertz CT molecular complexity index is 803. The summed E-state index contributed by atoms with van der Waals surface area (Å²) in [6.07, 6.45) is 1.57. The molecule has 2 aromatic rings. The maximum atomic E-state index is 12.6. The lowest BCUT2D eigenvalue weighted by molar-refractivity contribution is 0.0602. The molecule has 0 radical (unpaired) electrons. The zero-order valence-electron chi connectivity index (χ0n) is 14.8. The van der Waals surface area contributed by atoms with Crippen LogP contribution in [0.4, 0.5) is 11.6 Å². The number of nitrogens with zero attached hydrogens (tertiary/aromatic N) is 4. The Balaban J connectivity index is 1.77. The highest BCUT2D eigenvalue weighted by Crippen LogP contribution is 2.17. The van der Waals surface area contributed by atoms with Crippen LogP contribution in [-0.2, 0) is 4.74 Å². The molecule has 1 aliphatic rings. The van der Waals surface area contributed by atoms with Crippen LogP contribution in [0.5, 0.6) is 0 Å². The summed E-state index contributed by atoms with van der Waals surface area (Å²) in [5.41, 5.74) is 0.911. The van der Waals surface area contributed by atoms with E-state index < -0.39 is 11.9 Å². The summed E-state index contributed by atoms with van der Waals surface area (Å²) < 4.78 is 4.74. The van der Waals surface area contributed by atoms with Gasteiger partial charge in [-0.2, -0.15) is 0 Å². The number of benzene rings is 1. The number of hydrogen-bond donors (Lipinski definition) is 1. The van der Waals surface area contributed by atoms with Crippen LogP contribution in [0, 0.1) is 0 Å². The molecule has 0 atom stereocenters. The first-order valence-electron chi connectivity index (χ1n) is 8.33. The number of carbonyl (C=O) groups is 2. The third kappa shape index (κ3) is 3.97. The van der Waals surface area contributed by atoms with Crippen molar-refractivity contribution in [1.82, 2.24) is 14.9 Å². The Kier molecular flexibility index (Phi) is 5.43. The average Bonchev–Trinajstić information content (AvgIpc) is 2.68. The molecular formula is C18H21N5O3. The van der Waals surface area contributed by atoms with Crippen LogP contribution in [0.15, 0.2) is 36.5 Å². The molecule has 3 rings (SSSR count). The SMILES string of the molecule is COC(=O)c1ccccc1NC(=O)c1ccnc(N2CCN(C)CC2)n1. The second kappa shape index (κ2) is 7.92.